The van der Waals surface area contributed by atoms with Crippen LogP contribution in [0.1, 0.15) is 27.5 Å². The van der Waals surface area contributed by atoms with E-state index in [0.717, 1.165) is 29.1 Å². The number of amides is 1. The molecule has 0 unspecified atom stereocenters. The van der Waals surface area contributed by atoms with Crippen LogP contribution in [0, 0.1) is 5.82 Å². The number of hydrogen-bond donors (Lipinski definition) is 1. The molecule has 4 nitrogen and oxygen atoms in total. The Morgan fingerprint density at radius 2 is 2.27 bits per heavy atom. The summed E-state index contributed by atoms with van der Waals surface area (Å²) in [5.74, 6) is -0.385. The first-order valence-corrected chi connectivity index (χ1v) is 7.82. The van der Waals surface area contributed by atoms with Crippen molar-refractivity contribution in [2.24, 2.45) is 5.73 Å². The highest BCUT2D eigenvalue weighted by Gasteiger charge is 2.25. The number of aromatic nitrogens is 1. The summed E-state index contributed by atoms with van der Waals surface area (Å²) in [6, 6.07) is 4.58. The van der Waals surface area contributed by atoms with Gasteiger partial charge < -0.3 is 10.6 Å². The molecular weight excluding hydrogens is 325 g/mol. The van der Waals surface area contributed by atoms with E-state index in [1.165, 1.54) is 23.5 Å². The lowest BCUT2D eigenvalue weighted by atomic mass is 10.0. The predicted molar refractivity (Wildman–Crippen MR) is 88.5 cm³/mol. The van der Waals surface area contributed by atoms with E-state index < -0.39 is 0 Å². The highest BCUT2D eigenvalue weighted by molar-refractivity contribution is 7.09. The van der Waals surface area contributed by atoms with Crippen LogP contribution in [-0.4, -0.2) is 24.0 Å². The average Bonchev–Trinajstić information content (AvgIpc) is 2.94. The van der Waals surface area contributed by atoms with Gasteiger partial charge in [0.25, 0.3) is 5.91 Å². The average molecular weight is 342 g/mol. The van der Waals surface area contributed by atoms with Crippen molar-refractivity contribution in [3.8, 4) is 0 Å². The Bertz CT molecular complexity index is 677. The third kappa shape index (κ3) is 3.29. The molecule has 2 N–H and O–H groups in total. The normalized spacial score (nSPS) is 13.5. The summed E-state index contributed by atoms with van der Waals surface area (Å²) in [5.41, 5.74) is 7.62. The Hall–Kier alpha value is -1.50. The third-order valence-electron chi connectivity index (χ3n) is 3.53. The maximum absolute atomic E-state index is 13.3. The van der Waals surface area contributed by atoms with Gasteiger partial charge in [0.05, 0.1) is 5.01 Å². The number of nitrogens with zero attached hydrogens (tertiary/aromatic N) is 2. The van der Waals surface area contributed by atoms with Crippen molar-refractivity contribution in [2.75, 3.05) is 18.0 Å². The second-order valence-electron chi connectivity index (χ2n) is 5.00. The molecule has 1 aliphatic heterocycles. The largest absolute Gasteiger partial charge is 0.330 e. The molecule has 0 saturated heterocycles. The van der Waals surface area contributed by atoms with Gasteiger partial charge >= 0.3 is 0 Å². The first kappa shape index (κ1) is 16.9. The molecule has 2 aromatic rings. The molecule has 0 spiro atoms. The van der Waals surface area contributed by atoms with Crippen LogP contribution in [0.5, 0.6) is 0 Å². The first-order chi connectivity index (χ1) is 10.2. The molecular formula is C15H17ClFN3OS. The molecule has 0 saturated carbocycles. The Morgan fingerprint density at radius 1 is 1.45 bits per heavy atom. The second-order valence-corrected chi connectivity index (χ2v) is 5.94. The standard InChI is InChI=1S/C15H16FN3OS.ClH/c16-11-3-4-13-10(8-11)2-1-7-19(13)15(20)12-9-21-14(18-12)5-6-17;/h3-4,8-9H,1-2,5-7,17H2;1H. The van der Waals surface area contributed by atoms with Crippen LogP contribution in [0.2, 0.25) is 0 Å². The lowest BCUT2D eigenvalue weighted by Gasteiger charge is -2.28. The molecule has 0 atom stereocenters. The van der Waals surface area contributed by atoms with Crippen molar-refractivity contribution in [1.29, 1.82) is 0 Å². The zero-order chi connectivity index (χ0) is 14.8. The van der Waals surface area contributed by atoms with E-state index in [1.807, 2.05) is 0 Å². The van der Waals surface area contributed by atoms with Crippen LogP contribution in [0.15, 0.2) is 23.6 Å². The van der Waals surface area contributed by atoms with Gasteiger partial charge in [0.1, 0.15) is 11.5 Å². The van der Waals surface area contributed by atoms with Crippen molar-refractivity contribution in [3.63, 3.8) is 0 Å². The Kier molecular flexibility index (Phi) is 5.50. The maximum atomic E-state index is 13.3. The number of benzene rings is 1. The van der Waals surface area contributed by atoms with Crippen molar-refractivity contribution >= 4 is 35.3 Å². The van der Waals surface area contributed by atoms with E-state index in [2.05, 4.69) is 4.98 Å². The van der Waals surface area contributed by atoms with E-state index in [4.69, 9.17) is 5.73 Å². The zero-order valence-electron chi connectivity index (χ0n) is 11.9. The fourth-order valence-corrected chi connectivity index (χ4v) is 3.35. The molecule has 1 aromatic carbocycles. The van der Waals surface area contributed by atoms with Gasteiger partial charge in [0.2, 0.25) is 0 Å². The number of carbonyl (C=O) groups is 1. The number of hydrogen-bond acceptors (Lipinski definition) is 4. The van der Waals surface area contributed by atoms with E-state index in [0.29, 0.717) is 25.2 Å². The molecule has 1 amide bonds. The smallest absolute Gasteiger partial charge is 0.277 e. The number of carbonyl (C=O) groups excluding carboxylic acids is 1. The molecule has 22 heavy (non-hydrogen) atoms. The fraction of sp³-hybridized carbons (Fsp3) is 0.333. The van der Waals surface area contributed by atoms with Gasteiger partial charge in [0, 0.05) is 24.0 Å². The van der Waals surface area contributed by atoms with Crippen LogP contribution >= 0.6 is 23.7 Å². The Morgan fingerprint density at radius 3 is 3.05 bits per heavy atom. The van der Waals surface area contributed by atoms with Gasteiger partial charge in [0.15, 0.2) is 0 Å². The summed E-state index contributed by atoms with van der Waals surface area (Å²) in [5, 5.41) is 2.64. The van der Waals surface area contributed by atoms with E-state index in [1.54, 1.807) is 16.3 Å². The number of aryl methyl sites for hydroxylation is 1. The number of halogens is 2. The molecule has 0 fully saturated rings. The molecule has 0 aliphatic carbocycles. The molecule has 3 rings (SSSR count). The molecule has 0 radical (unpaired) electrons. The van der Waals surface area contributed by atoms with Crippen LogP contribution < -0.4 is 10.6 Å². The number of rotatable bonds is 3. The molecule has 7 heteroatoms. The Labute approximate surface area is 138 Å². The van der Waals surface area contributed by atoms with Crippen LogP contribution in [0.3, 0.4) is 0 Å². The predicted octanol–water partition coefficient (Wildman–Crippen LogP) is 2.80. The minimum atomic E-state index is -0.262. The highest BCUT2D eigenvalue weighted by atomic mass is 35.5. The van der Waals surface area contributed by atoms with Gasteiger partial charge in [-0.2, -0.15) is 0 Å². The summed E-state index contributed by atoms with van der Waals surface area (Å²) in [6.07, 6.45) is 2.31. The molecule has 118 valence electrons. The number of anilines is 1. The van der Waals surface area contributed by atoms with E-state index >= 15 is 0 Å². The Balaban J connectivity index is 0.00000176. The SMILES string of the molecule is Cl.NCCc1nc(C(=O)N2CCCc3cc(F)ccc32)cs1. The van der Waals surface area contributed by atoms with Crippen LogP contribution in [0.25, 0.3) is 0 Å². The molecule has 1 aliphatic rings. The zero-order valence-corrected chi connectivity index (χ0v) is 13.6. The van der Waals surface area contributed by atoms with Crippen LogP contribution in [0.4, 0.5) is 10.1 Å². The quantitative estimate of drug-likeness (QED) is 0.933. The van der Waals surface area contributed by atoms with Crippen molar-refractivity contribution in [3.05, 3.63) is 45.7 Å². The first-order valence-electron chi connectivity index (χ1n) is 6.94. The number of thiazole rings is 1. The summed E-state index contributed by atoms with van der Waals surface area (Å²) < 4.78 is 13.3. The molecule has 0 bridgehead atoms. The fourth-order valence-electron chi connectivity index (χ4n) is 2.56. The topological polar surface area (TPSA) is 59.2 Å². The van der Waals surface area contributed by atoms with Crippen molar-refractivity contribution in [2.45, 2.75) is 19.3 Å². The van der Waals surface area contributed by atoms with Gasteiger partial charge in [-0.15, -0.1) is 23.7 Å². The summed E-state index contributed by atoms with van der Waals surface area (Å²) in [4.78, 5) is 18.6. The van der Waals surface area contributed by atoms with E-state index in [-0.39, 0.29) is 24.1 Å². The monoisotopic (exact) mass is 341 g/mol. The highest BCUT2D eigenvalue weighted by Crippen LogP contribution is 2.29. The number of nitrogens with two attached hydrogens (primary N) is 1. The third-order valence-corrected chi connectivity index (χ3v) is 4.44. The minimum Gasteiger partial charge on any atom is -0.330 e. The lowest BCUT2D eigenvalue weighted by molar-refractivity contribution is 0.0981. The van der Waals surface area contributed by atoms with Gasteiger partial charge in [-0.3, -0.25) is 4.79 Å². The summed E-state index contributed by atoms with van der Waals surface area (Å²) in [7, 11) is 0. The van der Waals surface area contributed by atoms with Crippen molar-refractivity contribution < 1.29 is 9.18 Å². The maximum Gasteiger partial charge on any atom is 0.277 e. The van der Waals surface area contributed by atoms with Crippen LogP contribution in [-0.2, 0) is 12.8 Å². The van der Waals surface area contributed by atoms with Gasteiger partial charge in [-0.1, -0.05) is 0 Å². The van der Waals surface area contributed by atoms with Gasteiger partial charge in [-0.25, -0.2) is 9.37 Å². The summed E-state index contributed by atoms with van der Waals surface area (Å²) in [6.45, 7) is 1.16. The van der Waals surface area contributed by atoms with Gasteiger partial charge in [-0.05, 0) is 43.1 Å². The summed E-state index contributed by atoms with van der Waals surface area (Å²) >= 11 is 1.45. The number of fused-ring (bicyclic) bond motifs is 1. The molecule has 1 aromatic heterocycles. The minimum absolute atomic E-state index is 0. The second kappa shape index (κ2) is 7.17. The molecule has 2 heterocycles. The van der Waals surface area contributed by atoms with Crippen molar-refractivity contribution in [1.82, 2.24) is 4.98 Å². The van der Waals surface area contributed by atoms with E-state index in [9.17, 15) is 9.18 Å². The lowest BCUT2D eigenvalue weighted by Crippen LogP contribution is -2.35.